The maximum absolute atomic E-state index is 13.6. The molecule has 1 fully saturated rings. The number of amides is 1. The molecule has 0 saturated carbocycles. The van der Waals surface area contributed by atoms with Crippen LogP contribution in [0.25, 0.3) is 5.70 Å². The number of hydrogen-bond acceptors (Lipinski definition) is 6. The second-order valence-electron chi connectivity index (χ2n) is 7.92. The van der Waals surface area contributed by atoms with Gasteiger partial charge in [0.25, 0.3) is 11.4 Å². The summed E-state index contributed by atoms with van der Waals surface area (Å²) in [5.41, 5.74) is 1.70. The Morgan fingerprint density at radius 1 is 0.879 bits per heavy atom. The van der Waals surface area contributed by atoms with Crippen LogP contribution in [0.3, 0.4) is 0 Å². The van der Waals surface area contributed by atoms with E-state index in [0.29, 0.717) is 28.3 Å². The number of nitrogens with zero attached hydrogens (tertiary/aromatic N) is 1. The van der Waals surface area contributed by atoms with Gasteiger partial charge in [0.05, 0.1) is 29.8 Å². The Morgan fingerprint density at radius 3 is 2.18 bits per heavy atom. The Morgan fingerprint density at radius 2 is 1.52 bits per heavy atom. The summed E-state index contributed by atoms with van der Waals surface area (Å²) in [4.78, 5) is 41.8. The van der Waals surface area contributed by atoms with Crippen molar-refractivity contribution in [3.63, 3.8) is 0 Å². The minimum absolute atomic E-state index is 0.0117. The third-order valence-electron chi connectivity index (χ3n) is 5.91. The lowest BCUT2D eigenvalue weighted by molar-refractivity contribution is -0.145. The summed E-state index contributed by atoms with van der Waals surface area (Å²) < 4.78 is 5.21. The van der Waals surface area contributed by atoms with Crippen LogP contribution in [-0.2, 0) is 19.1 Å². The summed E-state index contributed by atoms with van der Waals surface area (Å²) in [5, 5.41) is 6.49. The minimum atomic E-state index is -1.90. The molecule has 1 unspecified atom stereocenters. The summed E-state index contributed by atoms with van der Waals surface area (Å²) in [6.07, 6.45) is 0. The molecule has 2 aliphatic rings. The number of methoxy groups -OCH3 is 1. The first-order chi connectivity index (χ1) is 16.0. The summed E-state index contributed by atoms with van der Waals surface area (Å²) in [6.45, 7) is 1.92. The van der Waals surface area contributed by atoms with Gasteiger partial charge in [-0.1, -0.05) is 60.2 Å². The number of carbonyl (C=O) groups is 3. The van der Waals surface area contributed by atoms with Gasteiger partial charge in [-0.25, -0.2) is 4.79 Å². The van der Waals surface area contributed by atoms with Crippen molar-refractivity contribution in [2.75, 3.05) is 22.6 Å². The fourth-order valence-electron chi connectivity index (χ4n) is 4.36. The number of para-hydroxylation sites is 2. The minimum Gasteiger partial charge on any atom is -0.466 e. The molecule has 3 aromatic rings. The molecule has 3 aromatic carbocycles. The molecule has 0 aliphatic carbocycles. The average Bonchev–Trinajstić information content (AvgIpc) is 2.96. The van der Waals surface area contributed by atoms with E-state index in [-0.39, 0.29) is 5.57 Å². The second kappa shape index (κ2) is 7.63. The third kappa shape index (κ3) is 3.01. The van der Waals surface area contributed by atoms with Gasteiger partial charge in [0.2, 0.25) is 0 Å². The first-order valence-electron chi connectivity index (χ1n) is 10.5. The molecular weight excluding hydrogens is 418 g/mol. The van der Waals surface area contributed by atoms with Crippen LogP contribution in [0.2, 0.25) is 0 Å². The molecular formula is C26H21N3O4. The van der Waals surface area contributed by atoms with Crippen molar-refractivity contribution in [1.82, 2.24) is 0 Å². The van der Waals surface area contributed by atoms with Crippen molar-refractivity contribution < 1.29 is 19.1 Å². The maximum Gasteiger partial charge on any atom is 0.358 e. The molecule has 1 atom stereocenters. The van der Waals surface area contributed by atoms with Gasteiger partial charge in [-0.15, -0.1) is 0 Å². The van der Waals surface area contributed by atoms with Gasteiger partial charge in [-0.05, 0) is 36.8 Å². The van der Waals surface area contributed by atoms with Crippen LogP contribution in [0.1, 0.15) is 11.1 Å². The van der Waals surface area contributed by atoms with Crippen molar-refractivity contribution in [3.05, 3.63) is 95.6 Å². The lowest BCUT2D eigenvalue weighted by Gasteiger charge is -2.36. The number of benzene rings is 3. The van der Waals surface area contributed by atoms with Gasteiger partial charge in [-0.3, -0.25) is 14.5 Å². The number of Topliss-reactive ketones (excluding diaryl/α,β-unsaturated/α-hetero) is 1. The van der Waals surface area contributed by atoms with E-state index < -0.39 is 23.3 Å². The highest BCUT2D eigenvalue weighted by atomic mass is 16.5. The number of fused-ring (bicyclic) bond motifs is 2. The van der Waals surface area contributed by atoms with Crippen molar-refractivity contribution in [1.29, 1.82) is 0 Å². The van der Waals surface area contributed by atoms with E-state index in [0.717, 1.165) is 5.56 Å². The lowest BCUT2D eigenvalue weighted by atomic mass is 9.93. The molecule has 164 valence electrons. The zero-order valence-corrected chi connectivity index (χ0v) is 18.1. The molecule has 7 heteroatoms. The Kier molecular flexibility index (Phi) is 4.74. The number of rotatable bonds is 3. The van der Waals surface area contributed by atoms with Gasteiger partial charge in [-0.2, -0.15) is 0 Å². The number of ether oxygens (including phenoxy) is 1. The van der Waals surface area contributed by atoms with Crippen LogP contribution < -0.4 is 15.5 Å². The van der Waals surface area contributed by atoms with Crippen molar-refractivity contribution in [2.24, 2.45) is 0 Å². The molecule has 33 heavy (non-hydrogen) atoms. The Balaban J connectivity index is 1.88. The van der Waals surface area contributed by atoms with Gasteiger partial charge in [0.1, 0.15) is 0 Å². The van der Waals surface area contributed by atoms with E-state index in [1.165, 1.54) is 12.0 Å². The fourth-order valence-corrected chi connectivity index (χ4v) is 4.36. The molecule has 5 rings (SSSR count). The average molecular weight is 439 g/mol. The molecule has 0 aromatic heterocycles. The van der Waals surface area contributed by atoms with Gasteiger partial charge in [0.15, 0.2) is 0 Å². The third-order valence-corrected chi connectivity index (χ3v) is 5.91. The molecule has 2 N–H and O–H groups in total. The lowest BCUT2D eigenvalue weighted by Crippen LogP contribution is -2.59. The topological polar surface area (TPSA) is 87.7 Å². The van der Waals surface area contributed by atoms with Gasteiger partial charge in [0, 0.05) is 5.69 Å². The van der Waals surface area contributed by atoms with Crippen LogP contribution >= 0.6 is 0 Å². The monoisotopic (exact) mass is 439 g/mol. The Bertz CT molecular complexity index is 1310. The smallest absolute Gasteiger partial charge is 0.358 e. The molecule has 7 nitrogen and oxygen atoms in total. The number of ketones is 1. The normalized spacial score (nSPS) is 19.3. The predicted molar refractivity (Wildman–Crippen MR) is 125 cm³/mol. The Labute approximate surface area is 190 Å². The zero-order valence-electron chi connectivity index (χ0n) is 18.1. The fraction of sp³-hybridized carbons (Fsp3) is 0.115. The largest absolute Gasteiger partial charge is 0.466 e. The quantitative estimate of drug-likeness (QED) is 0.478. The van der Waals surface area contributed by atoms with Crippen LogP contribution in [0.5, 0.6) is 0 Å². The van der Waals surface area contributed by atoms with Crippen molar-refractivity contribution in [3.8, 4) is 0 Å². The molecule has 2 heterocycles. The maximum atomic E-state index is 13.6. The molecule has 2 aliphatic heterocycles. The summed E-state index contributed by atoms with van der Waals surface area (Å²) >= 11 is 0. The van der Waals surface area contributed by atoms with E-state index in [1.807, 2.05) is 61.5 Å². The van der Waals surface area contributed by atoms with Crippen LogP contribution in [0.15, 0.2) is 84.4 Å². The molecule has 0 spiro atoms. The van der Waals surface area contributed by atoms with Gasteiger partial charge < -0.3 is 15.4 Å². The van der Waals surface area contributed by atoms with Crippen molar-refractivity contribution >= 4 is 40.4 Å². The summed E-state index contributed by atoms with van der Waals surface area (Å²) in [5.74, 6) is -2.38. The van der Waals surface area contributed by atoms with E-state index in [4.69, 9.17) is 4.74 Å². The first-order valence-corrected chi connectivity index (χ1v) is 10.5. The molecule has 0 radical (unpaired) electrons. The number of nitrogens with one attached hydrogen (secondary N) is 2. The number of anilines is 3. The standard InChI is InChI=1S/C26H21N3O4/c1-16-12-14-18(15-13-16)29-24(31)23(30)21-22(17-8-4-3-5-9-17)27-19-10-6-7-11-20(19)28-26(21,29)25(32)33-2/h3-15,27-28H,1-2H3. The van der Waals surface area contributed by atoms with Crippen LogP contribution in [0.4, 0.5) is 17.1 Å². The summed E-state index contributed by atoms with van der Waals surface area (Å²) in [6, 6.07) is 23.5. The zero-order chi connectivity index (χ0) is 23.2. The second-order valence-corrected chi connectivity index (χ2v) is 7.92. The summed E-state index contributed by atoms with van der Waals surface area (Å²) in [7, 11) is 1.24. The highest BCUT2D eigenvalue weighted by molar-refractivity contribution is 6.55. The van der Waals surface area contributed by atoms with E-state index in [9.17, 15) is 14.4 Å². The molecule has 1 saturated heterocycles. The Hall–Kier alpha value is -4.39. The number of hydrogen-bond donors (Lipinski definition) is 2. The SMILES string of the molecule is COC(=O)C12Nc3ccccc3NC(c3ccccc3)=C1C(=O)C(=O)N2c1ccc(C)cc1. The van der Waals surface area contributed by atoms with Crippen LogP contribution in [0, 0.1) is 6.92 Å². The number of carbonyl (C=O) groups excluding carboxylic acids is 3. The predicted octanol–water partition coefficient (Wildman–Crippen LogP) is 3.73. The van der Waals surface area contributed by atoms with Crippen LogP contribution in [-0.4, -0.2) is 30.4 Å². The number of esters is 1. The highest BCUT2D eigenvalue weighted by Crippen LogP contribution is 2.46. The molecule has 1 amide bonds. The van der Waals surface area contributed by atoms with E-state index in [2.05, 4.69) is 10.6 Å². The number of aryl methyl sites for hydroxylation is 1. The van der Waals surface area contributed by atoms with Gasteiger partial charge >= 0.3 is 11.9 Å². The molecule has 0 bridgehead atoms. The first kappa shape index (κ1) is 20.5. The highest BCUT2D eigenvalue weighted by Gasteiger charge is 2.64. The van der Waals surface area contributed by atoms with Crippen molar-refractivity contribution in [2.45, 2.75) is 12.6 Å². The van der Waals surface area contributed by atoms with E-state index >= 15 is 0 Å². The van der Waals surface area contributed by atoms with E-state index in [1.54, 1.807) is 24.3 Å².